The molecule has 10 aromatic rings. The fourth-order valence-corrected chi connectivity index (χ4v) is 11.4. The highest BCUT2D eigenvalue weighted by atomic mass is 35.7. The van der Waals surface area contributed by atoms with Crippen LogP contribution in [0.25, 0.3) is 33.7 Å². The minimum absolute atomic E-state index is 0.0343. The second-order valence-electron chi connectivity index (χ2n) is 21.3. The zero-order chi connectivity index (χ0) is 63.5. The van der Waals surface area contributed by atoms with Crippen LogP contribution in [0.5, 0.6) is 11.5 Å². The van der Waals surface area contributed by atoms with Gasteiger partial charge in [-0.15, -0.1) is 10.2 Å². The number of rotatable bonds is 23. The molecular weight excluding hydrogens is 1210 g/mol. The Kier molecular flexibility index (Phi) is 23.3. The van der Waals surface area contributed by atoms with Gasteiger partial charge < -0.3 is 40.5 Å². The van der Waals surface area contributed by atoms with Gasteiger partial charge in [0, 0.05) is 48.1 Å². The molecule has 0 radical (unpaired) electrons. The van der Waals surface area contributed by atoms with Gasteiger partial charge in [0.15, 0.2) is 22.3 Å². The summed E-state index contributed by atoms with van der Waals surface area (Å²) in [5, 5.41) is 43.3. The van der Waals surface area contributed by atoms with Crippen LogP contribution in [0.15, 0.2) is 156 Å². The van der Waals surface area contributed by atoms with Gasteiger partial charge in [-0.3, -0.25) is 4.18 Å². The van der Waals surface area contributed by atoms with Crippen molar-refractivity contribution in [2.75, 3.05) is 77.4 Å². The number of halogens is 1. The first-order chi connectivity index (χ1) is 43.5. The van der Waals surface area contributed by atoms with Crippen LogP contribution >= 0.6 is 10.7 Å². The standard InChI is InChI=1S/C29H28N6O4S.C25H29N7O2.C7H7ClO2S.C3H9NO/c1-20-6-14-26(15-7-20)40(36,37)39-17-3-16-38-25-12-9-23(10-13-25)31-29-30-19-27-28(32-29)35(34-33-27)24-11-8-21-4-2-5-22(21)18-24;1-31(13-14-33)12-3-15-34-22-10-7-20(8-11-22)27-25-26-17-23-24(28-25)32(30-29-23)21-9-6-18-4-2-5-19(18)16-21;1-6-2-4-7(5-3-6)11(8,9)10;1-4-2-3-5/h6-15,18-19H,2-5,16-17H2,1H3,(H,30,31,32);6-11,16-17,33H,2-5,12-15H2,1H3,(H,26,27,28);2-5H,1H3;4-5H,2-3H2,1H3. The quantitative estimate of drug-likeness (QED) is 0.0226. The normalized spacial score (nSPS) is 12.5. The van der Waals surface area contributed by atoms with Crippen LogP contribution in [0.2, 0.25) is 0 Å². The molecule has 90 heavy (non-hydrogen) atoms. The Balaban J connectivity index is 0.000000173. The number of ether oxygens (including phenoxy) is 2. The molecular formula is C64H73ClN14O9S2. The average Bonchev–Trinajstić information content (AvgIpc) is 1.75. The Hall–Kier alpha value is -8.53. The summed E-state index contributed by atoms with van der Waals surface area (Å²) < 4.78 is 66.1. The maximum atomic E-state index is 12.3. The van der Waals surface area contributed by atoms with Crippen molar-refractivity contribution < 1.29 is 40.7 Å². The summed E-state index contributed by atoms with van der Waals surface area (Å²) in [6, 6.07) is 40.9. The Bertz CT molecular complexity index is 4180. The van der Waals surface area contributed by atoms with Crippen LogP contribution in [-0.2, 0) is 49.0 Å². The predicted octanol–water partition coefficient (Wildman–Crippen LogP) is 9.18. The van der Waals surface area contributed by atoms with Crippen LogP contribution in [0, 0.1) is 13.8 Å². The summed E-state index contributed by atoms with van der Waals surface area (Å²) >= 11 is 0. The number of nitrogens with one attached hydrogen (secondary N) is 3. The van der Waals surface area contributed by atoms with E-state index in [1.165, 1.54) is 47.2 Å². The van der Waals surface area contributed by atoms with Crippen molar-refractivity contribution in [1.82, 2.24) is 60.1 Å². The molecule has 0 fully saturated rings. The smallest absolute Gasteiger partial charge is 0.296 e. The molecule has 0 saturated carbocycles. The number of aliphatic hydroxyl groups excluding tert-OH is 2. The Morgan fingerprint density at radius 3 is 1.48 bits per heavy atom. The number of hydrogen-bond donors (Lipinski definition) is 5. The molecule has 12 rings (SSSR count). The van der Waals surface area contributed by atoms with E-state index in [0.717, 1.165) is 78.3 Å². The second kappa shape index (κ2) is 31.8. The molecule has 6 aromatic carbocycles. The van der Waals surface area contributed by atoms with Gasteiger partial charge in [0.25, 0.3) is 19.2 Å². The largest absolute Gasteiger partial charge is 0.494 e. The minimum Gasteiger partial charge on any atom is -0.494 e. The van der Waals surface area contributed by atoms with Gasteiger partial charge in [0.05, 0.1) is 66.6 Å². The number of aryl methyl sites for hydroxylation is 6. The molecule has 0 saturated heterocycles. The van der Waals surface area contributed by atoms with Crippen molar-refractivity contribution in [1.29, 1.82) is 0 Å². The molecule has 2 aliphatic carbocycles. The second-order valence-corrected chi connectivity index (χ2v) is 25.5. The molecule has 23 nitrogen and oxygen atoms in total. The Labute approximate surface area is 528 Å². The molecule has 0 amide bonds. The highest BCUT2D eigenvalue weighted by Crippen LogP contribution is 2.29. The van der Waals surface area contributed by atoms with E-state index in [9.17, 15) is 16.8 Å². The molecule has 0 bridgehead atoms. The minimum atomic E-state index is -3.77. The molecule has 26 heteroatoms. The van der Waals surface area contributed by atoms with Crippen LogP contribution in [-0.4, -0.2) is 149 Å². The van der Waals surface area contributed by atoms with Crippen LogP contribution in [0.4, 0.5) is 23.3 Å². The number of aliphatic hydroxyl groups is 2. The molecule has 2 aliphatic rings. The summed E-state index contributed by atoms with van der Waals surface area (Å²) in [5.74, 6) is 2.38. The fourth-order valence-electron chi connectivity index (χ4n) is 9.64. The van der Waals surface area contributed by atoms with E-state index in [4.69, 9.17) is 34.6 Å². The van der Waals surface area contributed by atoms with Gasteiger partial charge in [-0.25, -0.2) is 18.4 Å². The monoisotopic (exact) mass is 1280 g/mol. The van der Waals surface area contributed by atoms with Crippen molar-refractivity contribution in [3.63, 3.8) is 0 Å². The van der Waals surface area contributed by atoms with Crippen molar-refractivity contribution in [2.45, 2.75) is 75.0 Å². The molecule has 4 aromatic heterocycles. The van der Waals surface area contributed by atoms with Crippen molar-refractivity contribution >= 4 is 75.5 Å². The zero-order valence-electron chi connectivity index (χ0n) is 50.5. The summed E-state index contributed by atoms with van der Waals surface area (Å²) in [7, 11) is 1.55. The van der Waals surface area contributed by atoms with E-state index in [0.29, 0.717) is 72.7 Å². The first-order valence-corrected chi connectivity index (χ1v) is 33.2. The SMILES string of the molecule is CN(CCO)CCCOc1ccc(Nc2ncc3nnn(-c4ccc5c(c4)CCC5)c3n2)cc1.CNCCO.Cc1ccc(S(=O)(=O)Cl)cc1.Cc1ccc(S(=O)(=O)OCCCOc2ccc(Nc3ncc4nnn(-c5ccc6c(c5)CCC6)c4n3)cc2)cc1. The number of fused-ring (bicyclic) bond motifs is 4. The van der Waals surface area contributed by atoms with E-state index in [1.54, 1.807) is 65.2 Å². The van der Waals surface area contributed by atoms with Gasteiger partial charge in [0.2, 0.25) is 11.9 Å². The van der Waals surface area contributed by atoms with Gasteiger partial charge in [-0.1, -0.05) is 58.0 Å². The number of nitrogens with zero attached hydrogens (tertiary/aromatic N) is 11. The lowest BCUT2D eigenvalue weighted by Crippen LogP contribution is -2.24. The number of benzene rings is 6. The van der Waals surface area contributed by atoms with E-state index in [1.807, 2.05) is 69.4 Å². The van der Waals surface area contributed by atoms with E-state index >= 15 is 0 Å². The zero-order valence-corrected chi connectivity index (χ0v) is 52.9. The average molecular weight is 1280 g/mol. The lowest BCUT2D eigenvalue weighted by atomic mass is 10.1. The van der Waals surface area contributed by atoms with Crippen LogP contribution in [0.1, 0.15) is 59.1 Å². The van der Waals surface area contributed by atoms with E-state index in [-0.39, 0.29) is 29.6 Å². The molecule has 0 aliphatic heterocycles. The van der Waals surface area contributed by atoms with Crippen LogP contribution < -0.4 is 25.4 Å². The topological polar surface area (TPSA) is 289 Å². The molecule has 0 atom stereocenters. The Morgan fingerprint density at radius 2 is 1.03 bits per heavy atom. The third-order valence-electron chi connectivity index (χ3n) is 14.5. The summed E-state index contributed by atoms with van der Waals surface area (Å²) in [4.78, 5) is 20.5. The van der Waals surface area contributed by atoms with E-state index in [2.05, 4.69) is 97.8 Å². The lowest BCUT2D eigenvalue weighted by molar-refractivity contribution is 0.207. The van der Waals surface area contributed by atoms with Crippen molar-refractivity contribution in [3.05, 3.63) is 179 Å². The third kappa shape index (κ3) is 18.5. The van der Waals surface area contributed by atoms with Crippen molar-refractivity contribution in [2.24, 2.45) is 0 Å². The van der Waals surface area contributed by atoms with Gasteiger partial charge in [-0.2, -0.15) is 27.7 Å². The maximum absolute atomic E-state index is 12.3. The number of hydrogen-bond acceptors (Lipinski definition) is 21. The van der Waals surface area contributed by atoms with Gasteiger partial charge in [-0.05, 0) is 192 Å². The molecule has 0 unspecified atom stereocenters. The van der Waals surface area contributed by atoms with Crippen molar-refractivity contribution in [3.8, 4) is 22.9 Å². The highest BCUT2D eigenvalue weighted by Gasteiger charge is 2.19. The molecule has 4 heterocycles. The molecule has 5 N–H and O–H groups in total. The lowest BCUT2D eigenvalue weighted by Gasteiger charge is -2.15. The van der Waals surface area contributed by atoms with E-state index < -0.39 is 19.2 Å². The Morgan fingerprint density at radius 1 is 0.567 bits per heavy atom. The first kappa shape index (κ1) is 65.9. The summed E-state index contributed by atoms with van der Waals surface area (Å²) in [6.07, 6.45) is 11.5. The summed E-state index contributed by atoms with van der Waals surface area (Å²) in [5.41, 5.74) is 13.7. The van der Waals surface area contributed by atoms with Crippen LogP contribution in [0.3, 0.4) is 0 Å². The summed E-state index contributed by atoms with van der Waals surface area (Å²) in [6.45, 7) is 7.42. The fraction of sp³-hybridized carbons (Fsp3) is 0.312. The number of aromatic nitrogens is 10. The maximum Gasteiger partial charge on any atom is 0.296 e. The van der Waals surface area contributed by atoms with Gasteiger partial charge >= 0.3 is 0 Å². The molecule has 472 valence electrons. The first-order valence-electron chi connectivity index (χ1n) is 29.5. The third-order valence-corrected chi connectivity index (χ3v) is 17.2. The number of anilines is 4. The highest BCUT2D eigenvalue weighted by molar-refractivity contribution is 8.13. The molecule has 0 spiro atoms. The number of likely N-dealkylation sites (N-methyl/N-ethyl adjacent to an activating group) is 2. The van der Waals surface area contributed by atoms with Gasteiger partial charge in [0.1, 0.15) is 11.5 Å². The predicted molar refractivity (Wildman–Crippen MR) is 347 cm³/mol.